The van der Waals surface area contributed by atoms with Gasteiger partial charge in [-0.05, 0) is 61.7 Å². The molecule has 0 saturated carbocycles. The van der Waals surface area contributed by atoms with E-state index in [4.69, 9.17) is 9.47 Å². The summed E-state index contributed by atoms with van der Waals surface area (Å²) in [7, 11) is 0. The molecule has 0 unspecified atom stereocenters. The summed E-state index contributed by atoms with van der Waals surface area (Å²) in [6.07, 6.45) is 2.73. The fourth-order valence-electron chi connectivity index (χ4n) is 2.79. The molecule has 0 bridgehead atoms. The predicted octanol–water partition coefficient (Wildman–Crippen LogP) is 5.12. The first-order chi connectivity index (χ1) is 13.1. The van der Waals surface area contributed by atoms with Crippen molar-refractivity contribution in [3.8, 4) is 17.6 Å². The van der Waals surface area contributed by atoms with Crippen molar-refractivity contribution in [2.75, 3.05) is 13.2 Å². The second-order valence-corrected chi connectivity index (χ2v) is 6.26. The molecule has 0 radical (unpaired) electrons. The molecule has 1 heterocycles. The number of nitrogens with one attached hydrogen (secondary N) is 1. The summed E-state index contributed by atoms with van der Waals surface area (Å²) in [6.45, 7) is 7.20. The Kier molecular flexibility index (Phi) is 5.77. The summed E-state index contributed by atoms with van der Waals surface area (Å²) in [5.74, 6) is 1.95. The quantitative estimate of drug-likeness (QED) is 0.593. The normalized spacial score (nSPS) is 11.4. The molecular weight excluding hydrogens is 338 g/mol. The lowest BCUT2D eigenvalue weighted by Crippen LogP contribution is -2.00. The lowest BCUT2D eigenvalue weighted by molar-refractivity contribution is 0.277. The molecule has 0 aliphatic carbocycles. The van der Waals surface area contributed by atoms with Crippen molar-refractivity contribution in [2.24, 2.45) is 0 Å². The number of hydrogen-bond donors (Lipinski definition) is 1. The number of ether oxygens (including phenoxy) is 2. The van der Waals surface area contributed by atoms with Crippen molar-refractivity contribution in [3.05, 3.63) is 53.3 Å². The minimum atomic E-state index is 0.466. The number of benzene rings is 2. The van der Waals surface area contributed by atoms with Gasteiger partial charge in [-0.3, -0.25) is 0 Å². The van der Waals surface area contributed by atoms with Gasteiger partial charge >= 0.3 is 0 Å². The average Bonchev–Trinajstić information content (AvgIpc) is 3.08. The Morgan fingerprint density at radius 3 is 2.74 bits per heavy atom. The van der Waals surface area contributed by atoms with Crippen LogP contribution >= 0.6 is 0 Å². The predicted molar refractivity (Wildman–Crippen MR) is 108 cm³/mol. The Balaban J connectivity index is 1.96. The zero-order valence-corrected chi connectivity index (χ0v) is 15.9. The minimum Gasteiger partial charge on any atom is -0.490 e. The molecule has 0 saturated heterocycles. The minimum absolute atomic E-state index is 0.466. The maximum absolute atomic E-state index is 9.63. The highest BCUT2D eigenvalue weighted by atomic mass is 16.5. The first-order valence-electron chi connectivity index (χ1n) is 9.12. The Hall–Kier alpha value is -3.26. The van der Waals surface area contributed by atoms with E-state index in [1.165, 1.54) is 0 Å². The number of rotatable bonds is 7. The van der Waals surface area contributed by atoms with Crippen molar-refractivity contribution in [3.63, 3.8) is 0 Å². The Bertz CT molecular complexity index is 1010. The Labute approximate surface area is 159 Å². The number of aromatic amines is 1. The van der Waals surface area contributed by atoms with Crippen molar-refractivity contribution >= 4 is 22.7 Å². The topological polar surface area (TPSA) is 70.9 Å². The number of allylic oxidation sites excluding steroid dienone is 1. The molecule has 0 aliphatic rings. The molecule has 0 spiro atoms. The summed E-state index contributed by atoms with van der Waals surface area (Å²) in [5, 5.41) is 9.63. The van der Waals surface area contributed by atoms with E-state index >= 15 is 0 Å². The van der Waals surface area contributed by atoms with E-state index in [0.29, 0.717) is 36.1 Å². The van der Waals surface area contributed by atoms with Crippen LogP contribution < -0.4 is 9.47 Å². The van der Waals surface area contributed by atoms with Crippen LogP contribution in [0.15, 0.2) is 36.4 Å². The van der Waals surface area contributed by atoms with Gasteiger partial charge < -0.3 is 14.5 Å². The summed E-state index contributed by atoms with van der Waals surface area (Å²) in [5.41, 5.74) is 4.23. The van der Waals surface area contributed by atoms with Gasteiger partial charge in [0.1, 0.15) is 11.9 Å². The number of nitrogens with zero attached hydrogens (tertiary/aromatic N) is 2. The molecule has 138 valence electrons. The van der Waals surface area contributed by atoms with E-state index in [1.807, 2.05) is 50.2 Å². The van der Waals surface area contributed by atoms with Crippen LogP contribution in [0.5, 0.6) is 11.5 Å². The van der Waals surface area contributed by atoms with Crippen LogP contribution in [0.3, 0.4) is 0 Å². The van der Waals surface area contributed by atoms with Gasteiger partial charge in [-0.2, -0.15) is 5.26 Å². The highest BCUT2D eigenvalue weighted by Gasteiger charge is 2.10. The van der Waals surface area contributed by atoms with Gasteiger partial charge in [0.25, 0.3) is 0 Å². The van der Waals surface area contributed by atoms with Crippen molar-refractivity contribution in [1.29, 1.82) is 5.26 Å². The molecule has 2 aromatic carbocycles. The summed E-state index contributed by atoms with van der Waals surface area (Å²) in [6, 6.07) is 13.9. The van der Waals surface area contributed by atoms with Crippen LogP contribution in [-0.4, -0.2) is 23.2 Å². The zero-order chi connectivity index (χ0) is 19.2. The highest BCUT2D eigenvalue weighted by Crippen LogP contribution is 2.30. The average molecular weight is 361 g/mol. The van der Waals surface area contributed by atoms with Gasteiger partial charge in [-0.1, -0.05) is 19.1 Å². The van der Waals surface area contributed by atoms with Gasteiger partial charge in [-0.25, -0.2) is 4.98 Å². The SMILES string of the molecule is CCCOc1ccc(/C=C(/C#N)c2nc3ccc(C)cc3[nH]2)cc1OCC. The summed E-state index contributed by atoms with van der Waals surface area (Å²) in [4.78, 5) is 7.76. The molecule has 0 atom stereocenters. The summed E-state index contributed by atoms with van der Waals surface area (Å²) >= 11 is 0. The number of hydrogen-bond acceptors (Lipinski definition) is 4. The molecule has 27 heavy (non-hydrogen) atoms. The highest BCUT2D eigenvalue weighted by molar-refractivity contribution is 5.90. The summed E-state index contributed by atoms with van der Waals surface area (Å²) < 4.78 is 11.4. The fourth-order valence-corrected chi connectivity index (χ4v) is 2.79. The lowest BCUT2D eigenvalue weighted by atomic mass is 10.1. The number of imidazole rings is 1. The monoisotopic (exact) mass is 361 g/mol. The van der Waals surface area contributed by atoms with E-state index in [1.54, 1.807) is 6.08 Å². The van der Waals surface area contributed by atoms with Crippen LogP contribution in [0.25, 0.3) is 22.7 Å². The van der Waals surface area contributed by atoms with E-state index in [0.717, 1.165) is 28.6 Å². The largest absolute Gasteiger partial charge is 0.490 e. The maximum atomic E-state index is 9.63. The number of aromatic nitrogens is 2. The van der Waals surface area contributed by atoms with E-state index < -0.39 is 0 Å². The van der Waals surface area contributed by atoms with Gasteiger partial charge in [0.05, 0.1) is 29.8 Å². The van der Waals surface area contributed by atoms with E-state index in [-0.39, 0.29) is 0 Å². The van der Waals surface area contributed by atoms with Crippen molar-refractivity contribution < 1.29 is 9.47 Å². The smallest absolute Gasteiger partial charge is 0.161 e. The van der Waals surface area contributed by atoms with Gasteiger partial charge in [-0.15, -0.1) is 0 Å². The van der Waals surface area contributed by atoms with Crippen LogP contribution in [-0.2, 0) is 0 Å². The first-order valence-corrected chi connectivity index (χ1v) is 9.12. The third-order valence-electron chi connectivity index (χ3n) is 4.05. The molecule has 1 aromatic heterocycles. The second kappa shape index (κ2) is 8.41. The molecule has 0 fully saturated rings. The van der Waals surface area contributed by atoms with Gasteiger partial charge in [0.2, 0.25) is 0 Å². The molecular formula is C22H23N3O2. The van der Waals surface area contributed by atoms with Crippen molar-refractivity contribution in [1.82, 2.24) is 9.97 Å². The van der Waals surface area contributed by atoms with Crippen LogP contribution in [0, 0.1) is 18.3 Å². The Morgan fingerprint density at radius 1 is 1.15 bits per heavy atom. The molecule has 0 aliphatic heterocycles. The lowest BCUT2D eigenvalue weighted by Gasteiger charge is -2.12. The van der Waals surface area contributed by atoms with Gasteiger partial charge in [0, 0.05) is 0 Å². The number of aryl methyl sites for hydroxylation is 1. The van der Waals surface area contributed by atoms with Crippen molar-refractivity contribution in [2.45, 2.75) is 27.2 Å². The van der Waals surface area contributed by atoms with E-state index in [2.05, 4.69) is 23.0 Å². The number of H-pyrrole nitrogens is 1. The Morgan fingerprint density at radius 2 is 2.00 bits per heavy atom. The molecule has 3 aromatic rings. The third-order valence-corrected chi connectivity index (χ3v) is 4.05. The molecule has 1 N–H and O–H groups in total. The van der Waals surface area contributed by atoms with Gasteiger partial charge in [0.15, 0.2) is 11.5 Å². The van der Waals surface area contributed by atoms with Crippen LogP contribution in [0.4, 0.5) is 0 Å². The molecule has 5 heteroatoms. The molecule has 5 nitrogen and oxygen atoms in total. The second-order valence-electron chi connectivity index (χ2n) is 6.26. The number of fused-ring (bicyclic) bond motifs is 1. The maximum Gasteiger partial charge on any atom is 0.161 e. The fraction of sp³-hybridized carbons (Fsp3) is 0.273. The van der Waals surface area contributed by atoms with Crippen LogP contribution in [0.1, 0.15) is 37.2 Å². The molecule has 0 amide bonds. The van der Waals surface area contributed by atoms with Crippen LogP contribution in [0.2, 0.25) is 0 Å². The standard InChI is InChI=1S/C22H23N3O2/c1-4-10-27-20-9-7-16(13-21(20)26-5-2)12-17(14-23)22-24-18-8-6-15(3)11-19(18)25-22/h6-9,11-13H,4-5,10H2,1-3H3,(H,24,25)/b17-12-. The molecule has 3 rings (SSSR count). The van der Waals surface area contributed by atoms with E-state index in [9.17, 15) is 5.26 Å². The first kappa shape index (κ1) is 18.5. The zero-order valence-electron chi connectivity index (χ0n) is 15.9. The number of nitriles is 1. The third kappa shape index (κ3) is 4.29.